The van der Waals surface area contributed by atoms with Gasteiger partial charge in [-0.25, -0.2) is 0 Å². The van der Waals surface area contributed by atoms with Crippen molar-refractivity contribution < 1.29 is 9.90 Å². The van der Waals surface area contributed by atoms with Crippen LogP contribution in [0.25, 0.3) is 0 Å². The van der Waals surface area contributed by atoms with Gasteiger partial charge in [-0.2, -0.15) is 0 Å². The van der Waals surface area contributed by atoms with Crippen molar-refractivity contribution in [3.05, 3.63) is 0 Å². The zero-order valence-electron chi connectivity index (χ0n) is 9.49. The van der Waals surface area contributed by atoms with Gasteiger partial charge in [-0.15, -0.1) is 11.8 Å². The molecule has 84 valence electrons. The fourth-order valence-corrected chi connectivity index (χ4v) is 1.77. The minimum atomic E-state index is 0.162. The zero-order chi connectivity index (χ0) is 11.1. The Hall–Kier alpha value is -0.220. The van der Waals surface area contributed by atoms with Gasteiger partial charge in [-0.1, -0.05) is 6.92 Å². The summed E-state index contributed by atoms with van der Waals surface area (Å²) in [7, 11) is 1.82. The highest BCUT2D eigenvalue weighted by Crippen LogP contribution is 2.14. The van der Waals surface area contributed by atoms with E-state index in [1.807, 2.05) is 27.8 Å². The first-order valence-corrected chi connectivity index (χ1v) is 6.02. The second-order valence-electron chi connectivity index (χ2n) is 3.73. The van der Waals surface area contributed by atoms with E-state index in [1.54, 1.807) is 16.7 Å². The lowest BCUT2D eigenvalue weighted by atomic mass is 10.3. The zero-order valence-corrected chi connectivity index (χ0v) is 10.3. The SMILES string of the molecule is CC(CCO)SCC(=O)N(C)C(C)C. The van der Waals surface area contributed by atoms with Gasteiger partial charge in [-0.3, -0.25) is 4.79 Å². The van der Waals surface area contributed by atoms with Gasteiger partial charge in [0.05, 0.1) is 5.75 Å². The van der Waals surface area contributed by atoms with E-state index in [9.17, 15) is 4.79 Å². The molecule has 3 nitrogen and oxygen atoms in total. The molecule has 0 rings (SSSR count). The molecule has 1 atom stereocenters. The largest absolute Gasteiger partial charge is 0.396 e. The molecule has 0 aliphatic rings. The van der Waals surface area contributed by atoms with Crippen LogP contribution in [0.5, 0.6) is 0 Å². The van der Waals surface area contributed by atoms with Crippen LogP contribution in [0.2, 0.25) is 0 Å². The first kappa shape index (κ1) is 13.8. The molecule has 0 aromatic heterocycles. The topological polar surface area (TPSA) is 40.5 Å². The fraction of sp³-hybridized carbons (Fsp3) is 0.900. The van der Waals surface area contributed by atoms with Crippen LogP contribution >= 0.6 is 11.8 Å². The molecule has 0 heterocycles. The molecule has 0 aromatic carbocycles. The summed E-state index contributed by atoms with van der Waals surface area (Å²) in [6, 6.07) is 0.260. The van der Waals surface area contributed by atoms with Crippen molar-refractivity contribution in [2.24, 2.45) is 0 Å². The maximum Gasteiger partial charge on any atom is 0.232 e. The summed E-state index contributed by atoms with van der Waals surface area (Å²) in [5, 5.41) is 9.04. The van der Waals surface area contributed by atoms with Gasteiger partial charge in [0.1, 0.15) is 0 Å². The van der Waals surface area contributed by atoms with Gasteiger partial charge in [0.15, 0.2) is 0 Å². The Kier molecular flexibility index (Phi) is 7.01. The van der Waals surface area contributed by atoms with Gasteiger partial charge in [0.25, 0.3) is 0 Å². The third-order valence-corrected chi connectivity index (χ3v) is 3.41. The van der Waals surface area contributed by atoms with Gasteiger partial charge in [0, 0.05) is 24.9 Å². The Bertz CT molecular complexity index is 174. The Balaban J connectivity index is 3.73. The Labute approximate surface area is 90.9 Å². The molecule has 1 N–H and O–H groups in total. The van der Waals surface area contributed by atoms with Crippen molar-refractivity contribution in [3.63, 3.8) is 0 Å². The third-order valence-electron chi connectivity index (χ3n) is 2.19. The third kappa shape index (κ3) is 5.50. The Morgan fingerprint density at radius 2 is 2.00 bits per heavy atom. The molecule has 14 heavy (non-hydrogen) atoms. The summed E-state index contributed by atoms with van der Waals surface area (Å²) in [6.07, 6.45) is 0.753. The predicted molar refractivity (Wildman–Crippen MR) is 61.5 cm³/mol. The number of hydrogen-bond donors (Lipinski definition) is 1. The van der Waals surface area contributed by atoms with Crippen LogP contribution in [-0.4, -0.2) is 46.6 Å². The number of rotatable bonds is 6. The molecule has 0 radical (unpaired) electrons. The molecule has 0 saturated carbocycles. The van der Waals surface area contributed by atoms with Crippen molar-refractivity contribution in [3.8, 4) is 0 Å². The summed E-state index contributed by atoms with van der Waals surface area (Å²) in [6.45, 7) is 6.23. The van der Waals surface area contributed by atoms with E-state index in [2.05, 4.69) is 0 Å². The highest BCUT2D eigenvalue weighted by atomic mass is 32.2. The van der Waals surface area contributed by atoms with E-state index in [0.29, 0.717) is 11.0 Å². The van der Waals surface area contributed by atoms with Crippen LogP contribution in [0.3, 0.4) is 0 Å². The Morgan fingerprint density at radius 3 is 2.43 bits per heavy atom. The first-order valence-electron chi connectivity index (χ1n) is 4.97. The maximum atomic E-state index is 11.5. The standard InChI is InChI=1S/C10H21NO2S/c1-8(2)11(4)10(13)7-14-9(3)5-6-12/h8-9,12H,5-7H2,1-4H3. The number of hydrogen-bond acceptors (Lipinski definition) is 3. The van der Waals surface area contributed by atoms with E-state index < -0.39 is 0 Å². The molecule has 0 aromatic rings. The normalized spacial score (nSPS) is 13.0. The number of thioether (sulfide) groups is 1. The molecule has 0 aliphatic heterocycles. The summed E-state index contributed by atoms with van der Waals surface area (Å²) in [5.41, 5.74) is 0. The number of carbonyl (C=O) groups excluding carboxylic acids is 1. The fourth-order valence-electron chi connectivity index (χ4n) is 0.868. The molecule has 0 bridgehead atoms. The number of aliphatic hydroxyl groups is 1. The van der Waals surface area contributed by atoms with E-state index in [-0.39, 0.29) is 18.6 Å². The van der Waals surface area contributed by atoms with Gasteiger partial charge in [0.2, 0.25) is 5.91 Å². The smallest absolute Gasteiger partial charge is 0.232 e. The molecule has 0 spiro atoms. The lowest BCUT2D eigenvalue weighted by Gasteiger charge is -2.21. The van der Waals surface area contributed by atoms with E-state index in [4.69, 9.17) is 5.11 Å². The van der Waals surface area contributed by atoms with Crippen LogP contribution in [0.1, 0.15) is 27.2 Å². The van der Waals surface area contributed by atoms with Crippen LogP contribution in [0.15, 0.2) is 0 Å². The van der Waals surface area contributed by atoms with E-state index >= 15 is 0 Å². The second kappa shape index (κ2) is 7.12. The average molecular weight is 219 g/mol. The number of nitrogens with zero attached hydrogens (tertiary/aromatic N) is 1. The molecule has 0 fully saturated rings. The Morgan fingerprint density at radius 1 is 1.43 bits per heavy atom. The van der Waals surface area contributed by atoms with Crippen molar-refractivity contribution in [1.29, 1.82) is 0 Å². The monoisotopic (exact) mass is 219 g/mol. The molecule has 1 amide bonds. The predicted octanol–water partition coefficient (Wildman–Crippen LogP) is 1.36. The van der Waals surface area contributed by atoms with Gasteiger partial charge < -0.3 is 10.0 Å². The van der Waals surface area contributed by atoms with Gasteiger partial charge in [-0.05, 0) is 20.3 Å². The van der Waals surface area contributed by atoms with Crippen molar-refractivity contribution in [2.75, 3.05) is 19.4 Å². The van der Waals surface area contributed by atoms with Crippen molar-refractivity contribution in [1.82, 2.24) is 4.90 Å². The van der Waals surface area contributed by atoms with Crippen LogP contribution < -0.4 is 0 Å². The highest BCUT2D eigenvalue weighted by molar-refractivity contribution is 8.00. The van der Waals surface area contributed by atoms with Crippen LogP contribution in [-0.2, 0) is 4.79 Å². The minimum Gasteiger partial charge on any atom is -0.396 e. The number of amides is 1. The van der Waals surface area contributed by atoms with E-state index in [1.165, 1.54) is 0 Å². The lowest BCUT2D eigenvalue weighted by Crippen LogP contribution is -2.34. The van der Waals surface area contributed by atoms with Crippen molar-refractivity contribution >= 4 is 17.7 Å². The minimum absolute atomic E-state index is 0.162. The highest BCUT2D eigenvalue weighted by Gasteiger charge is 2.13. The molecule has 0 aliphatic carbocycles. The number of carbonyl (C=O) groups is 1. The second-order valence-corrected chi connectivity index (χ2v) is 5.16. The van der Waals surface area contributed by atoms with Crippen LogP contribution in [0, 0.1) is 0 Å². The lowest BCUT2D eigenvalue weighted by molar-refractivity contribution is -0.128. The quantitative estimate of drug-likeness (QED) is 0.733. The molecule has 4 heteroatoms. The summed E-state index contributed by atoms with van der Waals surface area (Å²) >= 11 is 1.60. The first-order chi connectivity index (χ1) is 6.49. The maximum absolute atomic E-state index is 11.5. The average Bonchev–Trinajstić information content (AvgIpc) is 2.13. The summed E-state index contributed by atoms with van der Waals surface area (Å²) in [5.74, 6) is 0.672. The molecular weight excluding hydrogens is 198 g/mol. The number of aliphatic hydroxyl groups excluding tert-OH is 1. The van der Waals surface area contributed by atoms with E-state index in [0.717, 1.165) is 6.42 Å². The summed E-state index contributed by atoms with van der Waals surface area (Å²) < 4.78 is 0. The van der Waals surface area contributed by atoms with Crippen molar-refractivity contribution in [2.45, 2.75) is 38.5 Å². The molecular formula is C10H21NO2S. The molecule has 1 unspecified atom stereocenters. The molecule has 0 saturated heterocycles. The van der Waals surface area contributed by atoms with Crippen LogP contribution in [0.4, 0.5) is 0 Å². The summed E-state index contributed by atoms with van der Waals surface area (Å²) in [4.78, 5) is 13.3. The van der Waals surface area contributed by atoms with Gasteiger partial charge >= 0.3 is 0 Å².